The third-order valence-corrected chi connectivity index (χ3v) is 3.39. The van der Waals surface area contributed by atoms with Crippen molar-refractivity contribution in [2.24, 2.45) is 17.8 Å². The van der Waals surface area contributed by atoms with Gasteiger partial charge in [-0.25, -0.2) is 0 Å². The quantitative estimate of drug-likeness (QED) is 0.641. The number of aliphatic hydroxyl groups is 1. The molecule has 0 bridgehead atoms. The molecule has 0 radical (unpaired) electrons. The van der Waals surface area contributed by atoms with Crippen LogP contribution in [0, 0.1) is 17.8 Å². The second-order valence-corrected chi connectivity index (χ2v) is 5.00. The molecule has 72 valence electrons. The average Bonchev–Trinajstić information content (AvgIpc) is 1.82. The minimum atomic E-state index is -0.411. The molecule has 0 spiro atoms. The second-order valence-electron chi connectivity index (χ2n) is 5.00. The summed E-state index contributed by atoms with van der Waals surface area (Å²) in [5.41, 5.74) is -0.411. The summed E-state index contributed by atoms with van der Waals surface area (Å²) in [6.45, 7) is 8.73. The fraction of sp³-hybridized carbons (Fsp3) is 1.00. The zero-order valence-corrected chi connectivity index (χ0v) is 8.80. The van der Waals surface area contributed by atoms with Crippen molar-refractivity contribution in [3.63, 3.8) is 0 Å². The van der Waals surface area contributed by atoms with E-state index in [0.717, 1.165) is 6.42 Å². The molecular weight excluding hydrogens is 148 g/mol. The Morgan fingerprint density at radius 3 is 2.33 bits per heavy atom. The summed E-state index contributed by atoms with van der Waals surface area (Å²) in [5.74, 6) is 1.79. The van der Waals surface area contributed by atoms with Crippen molar-refractivity contribution in [2.45, 2.75) is 52.6 Å². The molecule has 1 aliphatic rings. The second kappa shape index (κ2) is 3.37. The highest BCUT2D eigenvalue weighted by atomic mass is 16.3. The molecule has 3 unspecified atom stereocenters. The summed E-state index contributed by atoms with van der Waals surface area (Å²) < 4.78 is 0. The van der Waals surface area contributed by atoms with Gasteiger partial charge in [-0.15, -0.1) is 0 Å². The Hall–Kier alpha value is -0.0400. The summed E-state index contributed by atoms with van der Waals surface area (Å²) in [4.78, 5) is 0. The van der Waals surface area contributed by atoms with Crippen LogP contribution >= 0.6 is 0 Å². The van der Waals surface area contributed by atoms with Crippen LogP contribution in [0.25, 0.3) is 0 Å². The van der Waals surface area contributed by atoms with E-state index < -0.39 is 5.60 Å². The predicted octanol–water partition coefficient (Wildman–Crippen LogP) is 2.83. The van der Waals surface area contributed by atoms with Crippen molar-refractivity contribution >= 4 is 0 Å². The number of hydrogen-bond acceptors (Lipinski definition) is 1. The first kappa shape index (κ1) is 10.0. The average molecular weight is 170 g/mol. The van der Waals surface area contributed by atoms with E-state index in [-0.39, 0.29) is 0 Å². The van der Waals surface area contributed by atoms with Crippen LogP contribution in [-0.4, -0.2) is 10.7 Å². The first-order valence-electron chi connectivity index (χ1n) is 5.17. The highest BCUT2D eigenvalue weighted by molar-refractivity contribution is 4.90. The Kier molecular flexibility index (Phi) is 2.82. The maximum Gasteiger partial charge on any atom is 0.0652 e. The summed E-state index contributed by atoms with van der Waals surface area (Å²) in [6, 6.07) is 0. The fourth-order valence-electron chi connectivity index (χ4n) is 3.12. The summed E-state index contributed by atoms with van der Waals surface area (Å²) in [7, 11) is 0. The normalized spacial score (nSPS) is 43.5. The summed E-state index contributed by atoms with van der Waals surface area (Å²) in [5, 5.41) is 10.2. The molecule has 1 heteroatoms. The van der Waals surface area contributed by atoms with Gasteiger partial charge in [0, 0.05) is 0 Å². The zero-order chi connectivity index (χ0) is 9.35. The van der Waals surface area contributed by atoms with Crippen LogP contribution in [0.2, 0.25) is 0 Å². The van der Waals surface area contributed by atoms with Crippen LogP contribution in [0.1, 0.15) is 47.0 Å². The van der Waals surface area contributed by atoms with Crippen molar-refractivity contribution in [3.8, 4) is 0 Å². The van der Waals surface area contributed by atoms with Gasteiger partial charge in [0.25, 0.3) is 0 Å². The lowest BCUT2D eigenvalue weighted by atomic mass is 9.66. The van der Waals surface area contributed by atoms with Gasteiger partial charge in [-0.3, -0.25) is 0 Å². The Morgan fingerprint density at radius 1 is 1.42 bits per heavy atom. The molecule has 0 aromatic rings. The van der Waals surface area contributed by atoms with Crippen LogP contribution in [0.3, 0.4) is 0 Å². The van der Waals surface area contributed by atoms with Gasteiger partial charge in [0.2, 0.25) is 0 Å². The van der Waals surface area contributed by atoms with E-state index >= 15 is 0 Å². The largest absolute Gasteiger partial charge is 0.390 e. The standard InChI is InChI=1S/C11H22O/c1-8(2)10-9(3)6-5-7-11(10,4)12/h8-10,12H,5-7H2,1-4H3. The van der Waals surface area contributed by atoms with Crippen LogP contribution < -0.4 is 0 Å². The van der Waals surface area contributed by atoms with Gasteiger partial charge >= 0.3 is 0 Å². The van der Waals surface area contributed by atoms with Crippen molar-refractivity contribution < 1.29 is 5.11 Å². The van der Waals surface area contributed by atoms with Gasteiger partial charge in [0.15, 0.2) is 0 Å². The van der Waals surface area contributed by atoms with Crippen molar-refractivity contribution in [3.05, 3.63) is 0 Å². The molecule has 1 rings (SSSR count). The van der Waals surface area contributed by atoms with Gasteiger partial charge < -0.3 is 5.11 Å². The molecule has 1 N–H and O–H groups in total. The molecule has 0 aromatic heterocycles. The predicted molar refractivity (Wildman–Crippen MR) is 52.0 cm³/mol. The van der Waals surface area contributed by atoms with Crippen molar-refractivity contribution in [1.29, 1.82) is 0 Å². The van der Waals surface area contributed by atoms with Crippen LogP contribution in [0.15, 0.2) is 0 Å². The lowest BCUT2D eigenvalue weighted by Gasteiger charge is -2.43. The van der Waals surface area contributed by atoms with Crippen molar-refractivity contribution in [2.75, 3.05) is 0 Å². The Labute approximate surface area is 76.2 Å². The van der Waals surface area contributed by atoms with E-state index in [9.17, 15) is 5.11 Å². The third-order valence-electron chi connectivity index (χ3n) is 3.39. The molecular formula is C11H22O. The molecule has 1 saturated carbocycles. The maximum atomic E-state index is 10.2. The molecule has 3 atom stereocenters. The molecule has 0 heterocycles. The van der Waals surface area contributed by atoms with E-state index in [1.807, 2.05) is 6.92 Å². The minimum Gasteiger partial charge on any atom is -0.390 e. The minimum absolute atomic E-state index is 0.411. The Balaban J connectivity index is 2.74. The lowest BCUT2D eigenvalue weighted by Crippen LogP contribution is -2.44. The smallest absolute Gasteiger partial charge is 0.0652 e. The van der Waals surface area contributed by atoms with E-state index in [0.29, 0.717) is 17.8 Å². The monoisotopic (exact) mass is 170 g/mol. The van der Waals surface area contributed by atoms with Gasteiger partial charge in [-0.1, -0.05) is 33.6 Å². The van der Waals surface area contributed by atoms with Crippen LogP contribution in [0.5, 0.6) is 0 Å². The summed E-state index contributed by atoms with van der Waals surface area (Å²) in [6.07, 6.45) is 3.47. The Morgan fingerprint density at radius 2 is 2.00 bits per heavy atom. The summed E-state index contributed by atoms with van der Waals surface area (Å²) >= 11 is 0. The first-order chi connectivity index (χ1) is 5.45. The molecule has 0 saturated heterocycles. The van der Waals surface area contributed by atoms with Gasteiger partial charge in [0.1, 0.15) is 0 Å². The third kappa shape index (κ3) is 1.82. The highest BCUT2D eigenvalue weighted by Crippen LogP contribution is 2.41. The molecule has 0 aliphatic heterocycles. The molecule has 0 amide bonds. The van der Waals surface area contributed by atoms with E-state index in [1.165, 1.54) is 12.8 Å². The molecule has 1 aliphatic carbocycles. The van der Waals surface area contributed by atoms with E-state index in [2.05, 4.69) is 20.8 Å². The van der Waals surface area contributed by atoms with Gasteiger partial charge in [0.05, 0.1) is 5.60 Å². The number of hydrogen-bond donors (Lipinski definition) is 1. The van der Waals surface area contributed by atoms with Crippen LogP contribution in [0.4, 0.5) is 0 Å². The lowest BCUT2D eigenvalue weighted by molar-refractivity contribution is -0.0743. The van der Waals surface area contributed by atoms with Gasteiger partial charge in [-0.2, -0.15) is 0 Å². The molecule has 1 nitrogen and oxygen atoms in total. The van der Waals surface area contributed by atoms with E-state index in [4.69, 9.17) is 0 Å². The molecule has 12 heavy (non-hydrogen) atoms. The SMILES string of the molecule is CC(C)C1C(C)CCCC1(C)O. The topological polar surface area (TPSA) is 20.2 Å². The van der Waals surface area contributed by atoms with E-state index in [1.54, 1.807) is 0 Å². The highest BCUT2D eigenvalue weighted by Gasteiger charge is 2.40. The zero-order valence-electron chi connectivity index (χ0n) is 8.80. The van der Waals surface area contributed by atoms with Gasteiger partial charge in [-0.05, 0) is 31.1 Å². The number of rotatable bonds is 1. The molecule has 1 fully saturated rings. The fourth-order valence-corrected chi connectivity index (χ4v) is 3.12. The Bertz CT molecular complexity index is 149. The van der Waals surface area contributed by atoms with Crippen molar-refractivity contribution in [1.82, 2.24) is 0 Å². The molecule has 0 aromatic carbocycles. The first-order valence-corrected chi connectivity index (χ1v) is 5.17. The maximum absolute atomic E-state index is 10.2. The van der Waals surface area contributed by atoms with Crippen LogP contribution in [-0.2, 0) is 0 Å².